The molecule has 1 amide bonds. The predicted molar refractivity (Wildman–Crippen MR) is 131 cm³/mol. The van der Waals surface area contributed by atoms with Gasteiger partial charge in [0.1, 0.15) is 23.4 Å². The van der Waals surface area contributed by atoms with Crippen LogP contribution in [0.15, 0.2) is 60.8 Å². The standard InChI is InChI=1S/C27H21F6N3O5/c28-26(29,30)17-10-21(23(37)35-25(8-9-25)16-6-4-15(5-7-16)24(38)39)22(34-12-17)36-13-20(14-36)40-18-2-1-3-19(11-18)41-27(31,32)33/h1-7,10-12,20H,8-9,13-14H2,(H,35,37)(H,38,39). The minimum absolute atomic E-state index is 0.0125. The lowest BCUT2D eigenvalue weighted by Crippen LogP contribution is -2.55. The van der Waals surface area contributed by atoms with Gasteiger partial charge in [-0.05, 0) is 48.7 Å². The predicted octanol–water partition coefficient (Wildman–Crippen LogP) is 5.38. The molecule has 0 spiro atoms. The van der Waals surface area contributed by atoms with Crippen molar-refractivity contribution in [3.8, 4) is 11.5 Å². The second kappa shape index (κ2) is 10.2. The Hall–Kier alpha value is -4.49. The number of nitrogens with one attached hydrogen (secondary N) is 1. The largest absolute Gasteiger partial charge is 0.573 e. The Kier molecular flexibility index (Phi) is 6.95. The molecule has 3 aromatic rings. The van der Waals surface area contributed by atoms with E-state index in [1.54, 1.807) is 12.1 Å². The number of anilines is 1. The third-order valence-electron chi connectivity index (χ3n) is 6.72. The van der Waals surface area contributed by atoms with Crippen LogP contribution in [0.4, 0.5) is 32.2 Å². The van der Waals surface area contributed by atoms with Crippen LogP contribution in [0.5, 0.6) is 11.5 Å². The zero-order valence-corrected chi connectivity index (χ0v) is 20.9. The van der Waals surface area contributed by atoms with Crippen LogP contribution in [-0.2, 0) is 11.7 Å². The van der Waals surface area contributed by atoms with Gasteiger partial charge >= 0.3 is 18.5 Å². The van der Waals surface area contributed by atoms with Gasteiger partial charge in [-0.3, -0.25) is 4.79 Å². The summed E-state index contributed by atoms with van der Waals surface area (Å²) in [5, 5.41) is 11.9. The monoisotopic (exact) mass is 581 g/mol. The number of hydrogen-bond acceptors (Lipinski definition) is 6. The van der Waals surface area contributed by atoms with E-state index in [4.69, 9.17) is 9.84 Å². The van der Waals surface area contributed by atoms with Gasteiger partial charge in [0.2, 0.25) is 0 Å². The summed E-state index contributed by atoms with van der Waals surface area (Å²) in [6.45, 7) is 0.204. The van der Waals surface area contributed by atoms with Crippen molar-refractivity contribution in [2.24, 2.45) is 0 Å². The number of carbonyl (C=O) groups excluding carboxylic acids is 1. The van der Waals surface area contributed by atoms with E-state index in [1.165, 1.54) is 29.2 Å². The number of benzene rings is 2. The van der Waals surface area contributed by atoms with E-state index >= 15 is 0 Å². The molecule has 5 rings (SSSR count). The highest BCUT2D eigenvalue weighted by Gasteiger charge is 2.47. The maximum Gasteiger partial charge on any atom is 0.573 e. The first-order valence-electron chi connectivity index (χ1n) is 12.2. The smallest absolute Gasteiger partial charge is 0.487 e. The van der Waals surface area contributed by atoms with Crippen molar-refractivity contribution in [2.75, 3.05) is 18.0 Å². The summed E-state index contributed by atoms with van der Waals surface area (Å²) >= 11 is 0. The van der Waals surface area contributed by atoms with Crippen molar-refractivity contribution in [3.63, 3.8) is 0 Å². The Bertz CT molecular complexity index is 1470. The number of hydrogen-bond donors (Lipinski definition) is 2. The molecule has 41 heavy (non-hydrogen) atoms. The number of pyridine rings is 1. The molecule has 2 aromatic carbocycles. The molecule has 0 radical (unpaired) electrons. The number of alkyl halides is 6. The van der Waals surface area contributed by atoms with Gasteiger partial charge in [0.25, 0.3) is 5.91 Å². The average Bonchev–Trinajstić information content (AvgIpc) is 3.65. The lowest BCUT2D eigenvalue weighted by atomic mass is 10.0. The van der Waals surface area contributed by atoms with Gasteiger partial charge < -0.3 is 24.8 Å². The third-order valence-corrected chi connectivity index (χ3v) is 6.72. The van der Waals surface area contributed by atoms with Crippen molar-refractivity contribution in [3.05, 3.63) is 83.0 Å². The number of carboxylic acid groups (broad SMARTS) is 1. The number of aromatic carboxylic acids is 1. The molecule has 1 aromatic heterocycles. The molecule has 14 heteroatoms. The molecule has 1 saturated carbocycles. The number of rotatable bonds is 8. The molecule has 1 aliphatic carbocycles. The van der Waals surface area contributed by atoms with Crippen molar-refractivity contribution < 1.29 is 50.5 Å². The van der Waals surface area contributed by atoms with Crippen LogP contribution in [0.25, 0.3) is 0 Å². The topological polar surface area (TPSA) is 101 Å². The summed E-state index contributed by atoms with van der Waals surface area (Å²) in [5.41, 5.74) is -1.62. The van der Waals surface area contributed by atoms with Crippen molar-refractivity contribution in [2.45, 2.75) is 37.0 Å². The van der Waals surface area contributed by atoms with Crippen molar-refractivity contribution in [1.82, 2.24) is 10.3 Å². The van der Waals surface area contributed by atoms with Crippen LogP contribution in [-0.4, -0.2) is 47.5 Å². The van der Waals surface area contributed by atoms with Crippen molar-refractivity contribution >= 4 is 17.7 Å². The highest BCUT2D eigenvalue weighted by atomic mass is 19.4. The van der Waals surface area contributed by atoms with Gasteiger partial charge in [-0.1, -0.05) is 18.2 Å². The number of halogens is 6. The minimum atomic E-state index is -4.88. The normalized spacial score (nSPS) is 16.5. The highest BCUT2D eigenvalue weighted by molar-refractivity contribution is 6.00. The lowest BCUT2D eigenvalue weighted by Gasteiger charge is -2.40. The van der Waals surface area contributed by atoms with E-state index in [0.29, 0.717) is 30.7 Å². The first-order chi connectivity index (χ1) is 19.2. The van der Waals surface area contributed by atoms with Gasteiger partial charge in [0.15, 0.2) is 0 Å². The molecule has 0 bridgehead atoms. The third kappa shape index (κ3) is 6.31. The number of ether oxygens (including phenoxy) is 2. The summed E-state index contributed by atoms with van der Waals surface area (Å²) in [6.07, 6.45) is -8.55. The quantitative estimate of drug-likeness (QED) is 0.345. The van der Waals surface area contributed by atoms with Gasteiger partial charge in [0.05, 0.1) is 35.3 Å². The summed E-state index contributed by atoms with van der Waals surface area (Å²) in [6, 6.07) is 11.5. The first kappa shape index (κ1) is 28.1. The van der Waals surface area contributed by atoms with Crippen LogP contribution >= 0.6 is 0 Å². The van der Waals surface area contributed by atoms with Crippen LogP contribution in [0.2, 0.25) is 0 Å². The van der Waals surface area contributed by atoms with E-state index in [-0.39, 0.29) is 35.8 Å². The van der Waals surface area contributed by atoms with E-state index < -0.39 is 47.4 Å². The SMILES string of the molecule is O=C(O)c1ccc(C2(NC(=O)c3cc(C(F)(F)F)cnc3N3CC(Oc4cccc(OC(F)(F)F)c4)C3)CC2)cc1. The Morgan fingerprint density at radius 1 is 0.976 bits per heavy atom. The Morgan fingerprint density at radius 2 is 1.63 bits per heavy atom. The van der Waals surface area contributed by atoms with Crippen LogP contribution in [0.1, 0.15) is 44.7 Å². The maximum atomic E-state index is 13.5. The fourth-order valence-corrected chi connectivity index (χ4v) is 4.48. The summed E-state index contributed by atoms with van der Waals surface area (Å²) in [7, 11) is 0. The molecule has 216 valence electrons. The van der Waals surface area contributed by atoms with Gasteiger partial charge in [-0.25, -0.2) is 9.78 Å². The molecular formula is C27H21F6N3O5. The van der Waals surface area contributed by atoms with Gasteiger partial charge in [-0.15, -0.1) is 13.2 Å². The summed E-state index contributed by atoms with van der Waals surface area (Å²) < 4.78 is 87.5. The molecule has 2 fully saturated rings. The minimum Gasteiger partial charge on any atom is -0.487 e. The number of carboxylic acids is 1. The van der Waals surface area contributed by atoms with Crippen LogP contribution < -0.4 is 19.7 Å². The fourth-order valence-electron chi connectivity index (χ4n) is 4.48. The van der Waals surface area contributed by atoms with Gasteiger partial charge in [0, 0.05) is 12.3 Å². The Labute approximate surface area is 228 Å². The summed E-state index contributed by atoms with van der Waals surface area (Å²) in [5.74, 6) is -2.30. The molecular weight excluding hydrogens is 560 g/mol. The van der Waals surface area contributed by atoms with Crippen molar-refractivity contribution in [1.29, 1.82) is 0 Å². The molecule has 1 saturated heterocycles. The highest BCUT2D eigenvalue weighted by Crippen LogP contribution is 2.46. The summed E-state index contributed by atoms with van der Waals surface area (Å²) in [4.78, 5) is 29.9. The van der Waals surface area contributed by atoms with E-state index in [2.05, 4.69) is 15.0 Å². The maximum absolute atomic E-state index is 13.5. The molecule has 2 heterocycles. The molecule has 2 N–H and O–H groups in total. The number of nitrogens with zero attached hydrogens (tertiary/aromatic N) is 2. The Morgan fingerprint density at radius 3 is 2.22 bits per heavy atom. The molecule has 8 nitrogen and oxygen atoms in total. The fraction of sp³-hybridized carbons (Fsp3) is 0.296. The molecule has 0 atom stereocenters. The molecule has 1 aliphatic heterocycles. The lowest BCUT2D eigenvalue weighted by molar-refractivity contribution is -0.274. The Balaban J connectivity index is 1.32. The van der Waals surface area contributed by atoms with Gasteiger partial charge in [-0.2, -0.15) is 13.2 Å². The number of carbonyl (C=O) groups is 2. The zero-order valence-electron chi connectivity index (χ0n) is 20.9. The second-order valence-electron chi connectivity index (χ2n) is 9.68. The van der Waals surface area contributed by atoms with E-state index in [0.717, 1.165) is 12.1 Å². The average molecular weight is 581 g/mol. The number of amides is 1. The van der Waals surface area contributed by atoms with Crippen LogP contribution in [0.3, 0.4) is 0 Å². The molecule has 0 unspecified atom stereocenters. The van der Waals surface area contributed by atoms with Crippen LogP contribution in [0, 0.1) is 0 Å². The second-order valence-corrected chi connectivity index (χ2v) is 9.68. The van der Waals surface area contributed by atoms with E-state index in [9.17, 15) is 35.9 Å². The first-order valence-corrected chi connectivity index (χ1v) is 12.2. The zero-order chi connectivity index (χ0) is 29.6. The number of aromatic nitrogens is 1. The molecule has 2 aliphatic rings. The van der Waals surface area contributed by atoms with E-state index in [1.807, 2.05) is 0 Å².